The van der Waals surface area contributed by atoms with Gasteiger partial charge < -0.3 is 0 Å². The quantitative estimate of drug-likeness (QED) is 0.271. The first-order chi connectivity index (χ1) is 13.7. The van der Waals surface area contributed by atoms with E-state index in [1.807, 2.05) is 11.8 Å². The second-order valence-electron chi connectivity index (χ2n) is 7.32. The van der Waals surface area contributed by atoms with Crippen LogP contribution in [0.15, 0.2) is 64.4 Å². The van der Waals surface area contributed by atoms with E-state index >= 15 is 0 Å². The molecular weight excluding hydrogens is 376 g/mol. The van der Waals surface area contributed by atoms with Gasteiger partial charge in [0.15, 0.2) is 0 Å². The van der Waals surface area contributed by atoms with Crippen LogP contribution in [0, 0.1) is 0 Å². The molecule has 0 saturated heterocycles. The Kier molecular flexibility index (Phi) is 7.70. The van der Waals surface area contributed by atoms with Gasteiger partial charge in [-0.3, -0.25) is 0 Å². The van der Waals surface area contributed by atoms with Crippen molar-refractivity contribution in [3.8, 4) is 0 Å². The van der Waals surface area contributed by atoms with Crippen LogP contribution >= 0.6 is 23.5 Å². The number of fused-ring (bicyclic) bond motifs is 1. The smallest absolute Gasteiger partial charge is 0.0148 e. The van der Waals surface area contributed by atoms with Crippen LogP contribution in [0.5, 0.6) is 0 Å². The van der Waals surface area contributed by atoms with E-state index in [1.165, 1.54) is 56.5 Å². The summed E-state index contributed by atoms with van der Waals surface area (Å²) in [5.74, 6) is 0.629. The first-order valence-electron chi connectivity index (χ1n) is 10.1. The highest BCUT2D eigenvalue weighted by Gasteiger charge is 2.08. The third-order valence-electron chi connectivity index (χ3n) is 5.35. The lowest BCUT2D eigenvalue weighted by Gasteiger charge is -2.13. The normalized spacial score (nSPS) is 12.7. The van der Waals surface area contributed by atoms with Gasteiger partial charge in [-0.05, 0) is 70.5 Å². The topological polar surface area (TPSA) is 0 Å². The SMILES string of the molecule is CCCCC(C)c1ccc2cc(/C=C/c3ccccc3SC)c(SC)cc2c1. The Bertz CT molecular complexity index is 956. The molecule has 0 nitrogen and oxygen atoms in total. The highest BCUT2D eigenvalue weighted by Crippen LogP contribution is 2.32. The number of benzene rings is 3. The van der Waals surface area contributed by atoms with Gasteiger partial charge in [0.25, 0.3) is 0 Å². The summed E-state index contributed by atoms with van der Waals surface area (Å²) < 4.78 is 0. The van der Waals surface area contributed by atoms with E-state index in [0.717, 1.165) is 0 Å². The van der Waals surface area contributed by atoms with Crippen LogP contribution < -0.4 is 0 Å². The molecule has 0 amide bonds. The molecule has 0 spiro atoms. The zero-order valence-electron chi connectivity index (χ0n) is 17.4. The van der Waals surface area contributed by atoms with Crippen molar-refractivity contribution in [1.82, 2.24) is 0 Å². The average Bonchev–Trinajstić information content (AvgIpc) is 2.75. The van der Waals surface area contributed by atoms with Gasteiger partial charge in [-0.25, -0.2) is 0 Å². The molecule has 0 aliphatic rings. The molecule has 1 unspecified atom stereocenters. The average molecular weight is 407 g/mol. The molecular formula is C26H30S2. The summed E-state index contributed by atoms with van der Waals surface area (Å²) in [4.78, 5) is 2.65. The van der Waals surface area contributed by atoms with Crippen LogP contribution in [0.4, 0.5) is 0 Å². The molecule has 0 aliphatic heterocycles. The van der Waals surface area contributed by atoms with E-state index in [2.05, 4.69) is 93.1 Å². The molecule has 0 radical (unpaired) electrons. The third-order valence-corrected chi connectivity index (χ3v) is 6.96. The maximum Gasteiger partial charge on any atom is 0.0148 e. The summed E-state index contributed by atoms with van der Waals surface area (Å²) in [6.07, 6.45) is 12.6. The Balaban J connectivity index is 1.94. The molecule has 0 N–H and O–H groups in total. The van der Waals surface area contributed by atoms with Crippen molar-refractivity contribution in [2.45, 2.75) is 48.8 Å². The lowest BCUT2D eigenvalue weighted by Crippen LogP contribution is -1.94. The van der Waals surface area contributed by atoms with E-state index in [9.17, 15) is 0 Å². The van der Waals surface area contributed by atoms with Gasteiger partial charge >= 0.3 is 0 Å². The van der Waals surface area contributed by atoms with Crippen LogP contribution in [-0.2, 0) is 0 Å². The van der Waals surface area contributed by atoms with E-state index in [1.54, 1.807) is 11.8 Å². The molecule has 3 aromatic rings. The molecule has 0 aliphatic carbocycles. The van der Waals surface area contributed by atoms with Crippen LogP contribution in [0.2, 0.25) is 0 Å². The zero-order chi connectivity index (χ0) is 19.9. The van der Waals surface area contributed by atoms with Crippen molar-refractivity contribution in [2.24, 2.45) is 0 Å². The molecule has 146 valence electrons. The van der Waals surface area contributed by atoms with Gasteiger partial charge in [-0.15, -0.1) is 23.5 Å². The maximum absolute atomic E-state index is 2.39. The summed E-state index contributed by atoms with van der Waals surface area (Å²) >= 11 is 3.62. The highest BCUT2D eigenvalue weighted by atomic mass is 32.2. The van der Waals surface area contributed by atoms with Crippen molar-refractivity contribution < 1.29 is 0 Å². The van der Waals surface area contributed by atoms with Crippen LogP contribution in [0.25, 0.3) is 22.9 Å². The largest absolute Gasteiger partial charge is 0.129 e. The van der Waals surface area contributed by atoms with Gasteiger partial charge in [0, 0.05) is 9.79 Å². The van der Waals surface area contributed by atoms with E-state index in [-0.39, 0.29) is 0 Å². The predicted octanol–water partition coefficient (Wildman–Crippen LogP) is 8.75. The Morgan fingerprint density at radius 3 is 2.32 bits per heavy atom. The fourth-order valence-electron chi connectivity index (χ4n) is 3.59. The molecule has 3 rings (SSSR count). The van der Waals surface area contributed by atoms with Crippen molar-refractivity contribution >= 4 is 46.4 Å². The van der Waals surface area contributed by atoms with Gasteiger partial charge in [-0.2, -0.15) is 0 Å². The Hall–Kier alpha value is -1.64. The van der Waals surface area contributed by atoms with Crippen molar-refractivity contribution in [3.05, 3.63) is 71.3 Å². The molecule has 0 heterocycles. The van der Waals surface area contributed by atoms with Gasteiger partial charge in [0.05, 0.1) is 0 Å². The van der Waals surface area contributed by atoms with Crippen molar-refractivity contribution in [3.63, 3.8) is 0 Å². The Morgan fingerprint density at radius 2 is 1.57 bits per heavy atom. The monoisotopic (exact) mass is 406 g/mol. The second kappa shape index (κ2) is 10.2. The molecule has 0 fully saturated rings. The van der Waals surface area contributed by atoms with E-state index in [0.29, 0.717) is 5.92 Å². The van der Waals surface area contributed by atoms with Gasteiger partial charge in [-0.1, -0.05) is 75.2 Å². The van der Waals surface area contributed by atoms with Crippen LogP contribution in [0.1, 0.15) is 55.7 Å². The van der Waals surface area contributed by atoms with Gasteiger partial charge in [0.1, 0.15) is 0 Å². The number of unbranched alkanes of at least 4 members (excludes halogenated alkanes) is 1. The summed E-state index contributed by atoms with van der Waals surface area (Å²) in [5.41, 5.74) is 4.04. The van der Waals surface area contributed by atoms with E-state index in [4.69, 9.17) is 0 Å². The minimum Gasteiger partial charge on any atom is -0.129 e. The molecule has 28 heavy (non-hydrogen) atoms. The minimum atomic E-state index is 0.629. The summed E-state index contributed by atoms with van der Waals surface area (Å²) in [6, 6.07) is 20.3. The second-order valence-corrected chi connectivity index (χ2v) is 9.02. The molecule has 1 atom stereocenters. The third kappa shape index (κ3) is 5.04. The van der Waals surface area contributed by atoms with Crippen LogP contribution in [-0.4, -0.2) is 12.5 Å². The summed E-state index contributed by atoms with van der Waals surface area (Å²) in [5, 5.41) is 2.67. The molecule has 2 heteroatoms. The number of hydrogen-bond donors (Lipinski definition) is 0. The number of rotatable bonds is 8. The van der Waals surface area contributed by atoms with Crippen molar-refractivity contribution in [2.75, 3.05) is 12.5 Å². The lowest BCUT2D eigenvalue weighted by atomic mass is 9.93. The fourth-order valence-corrected chi connectivity index (χ4v) is 4.78. The highest BCUT2D eigenvalue weighted by molar-refractivity contribution is 7.99. The molecule has 3 aromatic carbocycles. The number of hydrogen-bond acceptors (Lipinski definition) is 2. The summed E-state index contributed by atoms with van der Waals surface area (Å²) in [7, 11) is 0. The van der Waals surface area contributed by atoms with Gasteiger partial charge in [0.2, 0.25) is 0 Å². The maximum atomic E-state index is 2.39. The lowest BCUT2D eigenvalue weighted by molar-refractivity contribution is 0.625. The molecule has 0 saturated carbocycles. The fraction of sp³-hybridized carbons (Fsp3) is 0.308. The Labute approximate surface area is 178 Å². The molecule has 0 aromatic heterocycles. The van der Waals surface area contributed by atoms with Crippen molar-refractivity contribution in [1.29, 1.82) is 0 Å². The molecule has 0 bridgehead atoms. The standard InChI is InChI=1S/C26H30S2/c1-5-6-9-19(2)21-13-14-22-17-23(26(28-4)18-24(22)16-21)15-12-20-10-7-8-11-25(20)27-3/h7-8,10-19H,5-6,9H2,1-4H3/b15-12+. The minimum absolute atomic E-state index is 0.629. The summed E-state index contributed by atoms with van der Waals surface area (Å²) in [6.45, 7) is 4.62. The predicted molar refractivity (Wildman–Crippen MR) is 131 cm³/mol. The van der Waals surface area contributed by atoms with E-state index < -0.39 is 0 Å². The first kappa shape index (κ1) is 21.1. The zero-order valence-corrected chi connectivity index (χ0v) is 19.0. The Morgan fingerprint density at radius 1 is 0.821 bits per heavy atom. The van der Waals surface area contributed by atoms with Crippen LogP contribution in [0.3, 0.4) is 0 Å². The number of thioether (sulfide) groups is 2. The first-order valence-corrected chi connectivity index (χ1v) is 12.5.